The van der Waals surface area contributed by atoms with E-state index in [9.17, 15) is 9.59 Å². The van der Waals surface area contributed by atoms with Gasteiger partial charge in [-0.25, -0.2) is 10.6 Å². The number of hydrazine groups is 1. The van der Waals surface area contributed by atoms with E-state index in [2.05, 4.69) is 5.43 Å². The van der Waals surface area contributed by atoms with Crippen molar-refractivity contribution in [3.8, 4) is 0 Å². The quantitative estimate of drug-likeness (QED) is 0.498. The number of nitrogens with one attached hydrogen (secondary N) is 1. The molecule has 0 radical (unpaired) electrons. The number of nitrogens with zero attached hydrogens (tertiary/aromatic N) is 1. The van der Waals surface area contributed by atoms with E-state index < -0.39 is 5.60 Å². The van der Waals surface area contributed by atoms with Gasteiger partial charge in [0.1, 0.15) is 5.60 Å². The van der Waals surface area contributed by atoms with Crippen molar-refractivity contribution in [2.45, 2.75) is 52.1 Å². The van der Waals surface area contributed by atoms with Crippen LogP contribution in [0, 0.1) is 5.92 Å². The number of hydrogen-bond acceptors (Lipinski definition) is 4. The largest absolute Gasteiger partial charge is 0.444 e. The molecular weight excluding hydrogens is 318 g/mol. The molecule has 0 saturated carbocycles. The van der Waals surface area contributed by atoms with Crippen molar-refractivity contribution >= 4 is 12.0 Å². The standard InChI is InChI=1S/C19H29N3O3/c1-19(2,3)25-18(24)22-11-9-14(10-12-22)7-8-15-5-4-6-16(13-15)17(23)21-20/h4-6,13-14H,7-12,20H2,1-3H3,(H,21,23). The maximum absolute atomic E-state index is 12.1. The van der Waals surface area contributed by atoms with E-state index in [1.165, 1.54) is 0 Å². The summed E-state index contributed by atoms with van der Waals surface area (Å²) in [6, 6.07) is 7.55. The second-order valence-electron chi connectivity index (χ2n) is 7.62. The molecular formula is C19H29N3O3. The molecule has 2 rings (SSSR count). The number of rotatable bonds is 4. The number of ether oxygens (including phenoxy) is 1. The SMILES string of the molecule is CC(C)(C)OC(=O)N1CCC(CCc2cccc(C(=O)NN)c2)CC1. The molecule has 1 saturated heterocycles. The van der Waals surface area contributed by atoms with Gasteiger partial charge in [0.05, 0.1) is 0 Å². The van der Waals surface area contributed by atoms with Gasteiger partial charge >= 0.3 is 6.09 Å². The van der Waals surface area contributed by atoms with Gasteiger partial charge in [-0.2, -0.15) is 0 Å². The van der Waals surface area contributed by atoms with Crippen LogP contribution < -0.4 is 11.3 Å². The van der Waals surface area contributed by atoms with Crippen molar-refractivity contribution in [3.63, 3.8) is 0 Å². The van der Waals surface area contributed by atoms with Crippen molar-refractivity contribution in [1.82, 2.24) is 10.3 Å². The smallest absolute Gasteiger partial charge is 0.410 e. The normalized spacial score (nSPS) is 15.8. The lowest BCUT2D eigenvalue weighted by Gasteiger charge is -2.33. The van der Waals surface area contributed by atoms with E-state index in [1.807, 2.05) is 39.0 Å². The Morgan fingerprint density at radius 3 is 2.56 bits per heavy atom. The van der Waals surface area contributed by atoms with Crippen molar-refractivity contribution in [2.24, 2.45) is 11.8 Å². The zero-order valence-corrected chi connectivity index (χ0v) is 15.4. The number of amides is 2. The van der Waals surface area contributed by atoms with Gasteiger partial charge in [-0.1, -0.05) is 12.1 Å². The topological polar surface area (TPSA) is 84.7 Å². The highest BCUT2D eigenvalue weighted by molar-refractivity contribution is 5.93. The average molecular weight is 347 g/mol. The predicted molar refractivity (Wildman–Crippen MR) is 96.9 cm³/mol. The fourth-order valence-electron chi connectivity index (χ4n) is 3.05. The number of nitrogen functional groups attached to an aromatic ring is 1. The fraction of sp³-hybridized carbons (Fsp3) is 0.579. The van der Waals surface area contributed by atoms with Gasteiger partial charge in [0.25, 0.3) is 5.91 Å². The summed E-state index contributed by atoms with van der Waals surface area (Å²) in [4.78, 5) is 25.5. The van der Waals surface area contributed by atoms with Crippen LogP contribution in [0.5, 0.6) is 0 Å². The molecule has 2 amide bonds. The molecule has 0 aliphatic carbocycles. The third kappa shape index (κ3) is 6.05. The van der Waals surface area contributed by atoms with Crippen LogP contribution in [0.25, 0.3) is 0 Å². The minimum atomic E-state index is -0.450. The molecule has 0 spiro atoms. The Hall–Kier alpha value is -2.08. The Morgan fingerprint density at radius 1 is 1.28 bits per heavy atom. The van der Waals surface area contributed by atoms with E-state index in [0.29, 0.717) is 11.5 Å². The first-order chi connectivity index (χ1) is 11.8. The summed E-state index contributed by atoms with van der Waals surface area (Å²) < 4.78 is 5.43. The van der Waals surface area contributed by atoms with Crippen LogP contribution in [0.1, 0.15) is 56.0 Å². The number of carbonyl (C=O) groups is 2. The van der Waals surface area contributed by atoms with Crippen molar-refractivity contribution in [3.05, 3.63) is 35.4 Å². The van der Waals surface area contributed by atoms with E-state index >= 15 is 0 Å². The molecule has 3 N–H and O–H groups in total. The van der Waals surface area contributed by atoms with Crippen LogP contribution in [-0.2, 0) is 11.2 Å². The molecule has 1 heterocycles. The maximum atomic E-state index is 12.1. The first kappa shape index (κ1) is 19.2. The molecule has 1 aliphatic rings. The second-order valence-corrected chi connectivity index (χ2v) is 7.62. The van der Waals surface area contributed by atoms with Gasteiger partial charge in [-0.05, 0) is 70.1 Å². The zero-order valence-electron chi connectivity index (χ0n) is 15.4. The van der Waals surface area contributed by atoms with Gasteiger partial charge in [0.15, 0.2) is 0 Å². The highest BCUT2D eigenvalue weighted by Gasteiger charge is 2.26. The summed E-state index contributed by atoms with van der Waals surface area (Å²) in [5, 5.41) is 0. The van der Waals surface area contributed by atoms with Gasteiger partial charge in [0.2, 0.25) is 0 Å². The molecule has 0 aromatic heterocycles. The maximum Gasteiger partial charge on any atom is 0.410 e. The molecule has 0 atom stereocenters. The highest BCUT2D eigenvalue weighted by atomic mass is 16.6. The van der Waals surface area contributed by atoms with Gasteiger partial charge < -0.3 is 9.64 Å². The number of carbonyl (C=O) groups excluding carboxylic acids is 2. The second kappa shape index (κ2) is 8.34. The monoisotopic (exact) mass is 347 g/mol. The lowest BCUT2D eigenvalue weighted by Crippen LogP contribution is -2.41. The van der Waals surface area contributed by atoms with Gasteiger partial charge in [-0.3, -0.25) is 10.2 Å². The molecule has 1 aromatic rings. The number of hydrogen-bond donors (Lipinski definition) is 2. The summed E-state index contributed by atoms with van der Waals surface area (Å²) in [5.74, 6) is 5.50. The highest BCUT2D eigenvalue weighted by Crippen LogP contribution is 2.24. The molecule has 6 heteroatoms. The third-order valence-electron chi connectivity index (χ3n) is 4.43. The molecule has 1 fully saturated rings. The van der Waals surface area contributed by atoms with Crippen LogP contribution in [0.15, 0.2) is 24.3 Å². The molecule has 25 heavy (non-hydrogen) atoms. The summed E-state index contributed by atoms with van der Waals surface area (Å²) >= 11 is 0. The average Bonchev–Trinajstić information content (AvgIpc) is 2.58. The van der Waals surface area contributed by atoms with E-state index in [1.54, 1.807) is 11.0 Å². The summed E-state index contributed by atoms with van der Waals surface area (Å²) in [6.45, 7) is 7.15. The molecule has 6 nitrogen and oxygen atoms in total. The van der Waals surface area contributed by atoms with Crippen LogP contribution >= 0.6 is 0 Å². The molecule has 1 aliphatic heterocycles. The van der Waals surface area contributed by atoms with E-state index in [4.69, 9.17) is 10.6 Å². The molecule has 0 unspecified atom stereocenters. The van der Waals surface area contributed by atoms with Crippen LogP contribution in [-0.4, -0.2) is 35.6 Å². The Kier molecular flexibility index (Phi) is 6.42. The van der Waals surface area contributed by atoms with Gasteiger partial charge in [-0.15, -0.1) is 0 Å². The summed E-state index contributed by atoms with van der Waals surface area (Å²) in [6.07, 6.45) is 3.73. The third-order valence-corrected chi connectivity index (χ3v) is 4.43. The fourth-order valence-corrected chi connectivity index (χ4v) is 3.05. The zero-order chi connectivity index (χ0) is 18.4. The minimum absolute atomic E-state index is 0.216. The predicted octanol–water partition coefficient (Wildman–Crippen LogP) is 2.87. The number of benzene rings is 1. The first-order valence-electron chi connectivity index (χ1n) is 8.86. The van der Waals surface area contributed by atoms with Crippen molar-refractivity contribution in [2.75, 3.05) is 13.1 Å². The minimum Gasteiger partial charge on any atom is -0.444 e. The Morgan fingerprint density at radius 2 is 1.96 bits per heavy atom. The Labute approximate surface area is 149 Å². The Balaban J connectivity index is 1.79. The number of piperidine rings is 1. The Bertz CT molecular complexity index is 602. The number of likely N-dealkylation sites (tertiary alicyclic amines) is 1. The van der Waals surface area contributed by atoms with Crippen LogP contribution in [0.2, 0.25) is 0 Å². The summed E-state index contributed by atoms with van der Waals surface area (Å²) in [7, 11) is 0. The van der Waals surface area contributed by atoms with Crippen LogP contribution in [0.3, 0.4) is 0 Å². The first-order valence-corrected chi connectivity index (χ1v) is 8.86. The lowest BCUT2D eigenvalue weighted by molar-refractivity contribution is 0.0181. The summed E-state index contributed by atoms with van der Waals surface area (Å²) in [5.41, 5.74) is 3.43. The van der Waals surface area contributed by atoms with E-state index in [-0.39, 0.29) is 12.0 Å². The van der Waals surface area contributed by atoms with Crippen molar-refractivity contribution < 1.29 is 14.3 Å². The van der Waals surface area contributed by atoms with Gasteiger partial charge in [0, 0.05) is 18.7 Å². The molecule has 0 bridgehead atoms. The molecule has 1 aromatic carbocycles. The number of nitrogens with two attached hydrogens (primary N) is 1. The lowest BCUT2D eigenvalue weighted by atomic mass is 9.90. The molecule has 138 valence electrons. The van der Waals surface area contributed by atoms with Crippen LogP contribution in [0.4, 0.5) is 4.79 Å². The number of aryl methyl sites for hydroxylation is 1. The van der Waals surface area contributed by atoms with Crippen molar-refractivity contribution in [1.29, 1.82) is 0 Å². The van der Waals surface area contributed by atoms with E-state index in [0.717, 1.165) is 44.3 Å².